The quantitative estimate of drug-likeness (QED) is 0.243. The van der Waals surface area contributed by atoms with E-state index in [4.69, 9.17) is 14.5 Å². The molecule has 1 aromatic carbocycles. The van der Waals surface area contributed by atoms with Crippen LogP contribution in [0.4, 0.5) is 0 Å². The van der Waals surface area contributed by atoms with Gasteiger partial charge in [0.1, 0.15) is 23.1 Å². The van der Waals surface area contributed by atoms with Gasteiger partial charge in [0.15, 0.2) is 5.82 Å². The number of hydrogen-bond acceptors (Lipinski definition) is 9. The molecule has 3 aliphatic rings. The molecular weight excluding hydrogens is 685 g/mol. The fraction of sp³-hybridized carbons (Fsp3) is 0.553. The summed E-state index contributed by atoms with van der Waals surface area (Å²) in [5.41, 5.74) is 0.107. The first-order valence-corrected chi connectivity index (χ1v) is 20.1. The van der Waals surface area contributed by atoms with Crippen molar-refractivity contribution in [3.05, 3.63) is 54.4 Å². The maximum atomic E-state index is 14.0. The van der Waals surface area contributed by atoms with Crippen LogP contribution < -0.4 is 24.8 Å². The van der Waals surface area contributed by atoms with E-state index >= 15 is 0 Å². The Morgan fingerprint density at radius 3 is 2.62 bits per heavy atom. The van der Waals surface area contributed by atoms with Crippen LogP contribution in [-0.4, -0.2) is 71.5 Å². The van der Waals surface area contributed by atoms with Crippen molar-refractivity contribution in [2.45, 2.75) is 114 Å². The molecule has 0 spiro atoms. The fourth-order valence-electron chi connectivity index (χ4n) is 7.08. The van der Waals surface area contributed by atoms with E-state index in [1.54, 1.807) is 17.9 Å². The highest BCUT2D eigenvalue weighted by atomic mass is 32.2. The summed E-state index contributed by atoms with van der Waals surface area (Å²) in [7, 11) is -2.34. The third-order valence-electron chi connectivity index (χ3n) is 10.4. The van der Waals surface area contributed by atoms with Gasteiger partial charge in [0, 0.05) is 42.5 Å². The van der Waals surface area contributed by atoms with Gasteiger partial charge in [-0.2, -0.15) is 5.10 Å². The summed E-state index contributed by atoms with van der Waals surface area (Å²) in [5.74, 6) is -0.0515. The Hall–Kier alpha value is -4.46. The first-order valence-electron chi connectivity index (χ1n) is 18.5. The van der Waals surface area contributed by atoms with Crippen molar-refractivity contribution in [3.63, 3.8) is 0 Å². The second-order valence-corrected chi connectivity index (χ2v) is 16.5. The van der Waals surface area contributed by atoms with Crippen LogP contribution in [0.5, 0.6) is 11.5 Å². The Labute approximate surface area is 305 Å². The summed E-state index contributed by atoms with van der Waals surface area (Å²) in [6, 6.07) is 8.16. The molecule has 3 N–H and O–H groups in total. The number of fused-ring (bicyclic) bond motifs is 2. The van der Waals surface area contributed by atoms with Crippen LogP contribution in [0.3, 0.4) is 0 Å². The predicted molar refractivity (Wildman–Crippen MR) is 197 cm³/mol. The zero-order chi connectivity index (χ0) is 36.9. The van der Waals surface area contributed by atoms with E-state index in [9.17, 15) is 22.8 Å². The molecule has 0 unspecified atom stereocenters. The molecule has 3 heterocycles. The van der Waals surface area contributed by atoms with Crippen molar-refractivity contribution in [3.8, 4) is 17.3 Å². The van der Waals surface area contributed by atoms with Gasteiger partial charge in [0.25, 0.3) is 5.91 Å². The number of methoxy groups -OCH3 is 1. The van der Waals surface area contributed by atoms with Crippen LogP contribution in [0.1, 0.15) is 103 Å². The highest BCUT2D eigenvalue weighted by Gasteiger charge is 2.61. The molecule has 3 amide bonds. The van der Waals surface area contributed by atoms with Gasteiger partial charge in [-0.25, -0.2) is 18.1 Å². The minimum absolute atomic E-state index is 0.0396. The van der Waals surface area contributed by atoms with Crippen LogP contribution >= 0.6 is 0 Å². The molecule has 13 nitrogen and oxygen atoms in total. The number of ether oxygens (including phenoxy) is 2. The zero-order valence-electron chi connectivity index (χ0n) is 30.2. The van der Waals surface area contributed by atoms with E-state index < -0.39 is 38.7 Å². The second kappa shape index (κ2) is 16.1. The molecule has 3 atom stereocenters. The number of pyridine rings is 1. The van der Waals surface area contributed by atoms with Crippen LogP contribution in [0.15, 0.2) is 48.7 Å². The zero-order valence-corrected chi connectivity index (χ0v) is 31.0. The van der Waals surface area contributed by atoms with Gasteiger partial charge >= 0.3 is 0 Å². The summed E-state index contributed by atoms with van der Waals surface area (Å²) in [5, 5.41) is 10.5. The average Bonchev–Trinajstić information content (AvgIpc) is 3.58. The molecule has 280 valence electrons. The Kier molecular flexibility index (Phi) is 11.5. The van der Waals surface area contributed by atoms with Crippen molar-refractivity contribution in [2.75, 3.05) is 13.7 Å². The molecule has 14 heteroatoms. The van der Waals surface area contributed by atoms with Crippen LogP contribution in [0, 0.1) is 5.92 Å². The van der Waals surface area contributed by atoms with Gasteiger partial charge in [-0.3, -0.25) is 19.1 Å². The fourth-order valence-corrected chi connectivity index (χ4v) is 8.64. The number of nitrogens with zero attached hydrogens (tertiary/aromatic N) is 3. The molecule has 2 aliphatic carbocycles. The second-order valence-electron chi connectivity index (χ2n) is 14.5. The minimum atomic E-state index is -3.92. The van der Waals surface area contributed by atoms with Crippen molar-refractivity contribution >= 4 is 38.6 Å². The number of sulfonamides is 1. The Morgan fingerprint density at radius 1 is 1.08 bits per heavy atom. The van der Waals surface area contributed by atoms with Gasteiger partial charge in [-0.1, -0.05) is 51.7 Å². The van der Waals surface area contributed by atoms with Gasteiger partial charge in [-0.15, -0.1) is 0 Å². The van der Waals surface area contributed by atoms with E-state index in [1.807, 2.05) is 42.6 Å². The van der Waals surface area contributed by atoms with Gasteiger partial charge in [-0.05, 0) is 62.6 Å². The molecule has 0 radical (unpaired) electrons. The monoisotopic (exact) mass is 734 g/mol. The molecule has 0 bridgehead atoms. The maximum absolute atomic E-state index is 14.0. The summed E-state index contributed by atoms with van der Waals surface area (Å²) >= 11 is 0. The SMILES string of the molecule is COc1ccc2c(OCC[C@@H]3NC(=O)CCCCCC=C[C@@H]4C[C@@]4(C(=O)NS(=O)(=O)C4CCCCC4)NC3=O)cc(-n3ccc(C(C)C)n3)nc2c1. The molecule has 2 aromatic heterocycles. The Balaban J connectivity index is 1.23. The van der Waals surface area contributed by atoms with Crippen molar-refractivity contribution in [1.29, 1.82) is 0 Å². The highest BCUT2D eigenvalue weighted by Crippen LogP contribution is 2.45. The Bertz CT molecular complexity index is 1920. The van der Waals surface area contributed by atoms with Crippen molar-refractivity contribution in [2.24, 2.45) is 5.92 Å². The number of carbonyl (C=O) groups excluding carboxylic acids is 3. The lowest BCUT2D eigenvalue weighted by Crippen LogP contribution is -2.57. The van der Waals surface area contributed by atoms with Crippen LogP contribution in [0.25, 0.3) is 16.7 Å². The smallest absolute Gasteiger partial charge is 0.259 e. The maximum Gasteiger partial charge on any atom is 0.259 e. The molecule has 2 fully saturated rings. The topological polar surface area (TPSA) is 171 Å². The van der Waals surface area contributed by atoms with Crippen LogP contribution in [-0.2, 0) is 24.4 Å². The number of nitrogens with one attached hydrogen (secondary N) is 3. The summed E-state index contributed by atoms with van der Waals surface area (Å²) in [6.45, 7) is 4.17. The van der Waals surface area contributed by atoms with E-state index in [0.717, 1.165) is 49.6 Å². The number of amides is 3. The summed E-state index contributed by atoms with van der Waals surface area (Å²) in [4.78, 5) is 45.6. The number of rotatable bonds is 10. The number of benzene rings is 1. The molecule has 3 aromatic rings. The van der Waals surface area contributed by atoms with Gasteiger partial charge in [0.2, 0.25) is 21.8 Å². The first-order chi connectivity index (χ1) is 25.0. The lowest BCUT2D eigenvalue weighted by Gasteiger charge is -2.26. The minimum Gasteiger partial charge on any atom is -0.497 e. The van der Waals surface area contributed by atoms with E-state index in [0.29, 0.717) is 42.1 Å². The van der Waals surface area contributed by atoms with E-state index in [1.165, 1.54) is 0 Å². The summed E-state index contributed by atoms with van der Waals surface area (Å²) < 4.78 is 42.3. The molecule has 0 saturated heterocycles. The van der Waals surface area contributed by atoms with Crippen molar-refractivity contribution in [1.82, 2.24) is 30.1 Å². The lowest BCUT2D eigenvalue weighted by atomic mass is 10.0. The molecule has 1 aliphatic heterocycles. The average molecular weight is 735 g/mol. The molecular formula is C38H50N6O7S. The number of allylic oxidation sites excluding steroid dienone is 1. The standard InChI is InChI=1S/C38H50N6O7S/c1-25(2)30-18-20-44(42-30)34-23-33(29-17-16-27(50-3)22-32(29)39-34)51-21-19-31-36(46)41-38(37(47)43-52(48,49)28-13-9-7-10-14-28)24-26(38)12-8-5-4-6-11-15-35(45)40-31/h8,12,16-18,20,22-23,25-26,28,31H,4-7,9-11,13-15,19,21,24H2,1-3H3,(H,40,45)(H,41,46)(H,43,47)/t26-,31+,38-/m1/s1. The third kappa shape index (κ3) is 8.59. The Morgan fingerprint density at radius 2 is 1.87 bits per heavy atom. The predicted octanol–water partition coefficient (Wildman–Crippen LogP) is 4.98. The normalized spacial score (nSPS) is 23.3. The number of carbonyl (C=O) groups is 3. The molecule has 2 saturated carbocycles. The van der Waals surface area contributed by atoms with Gasteiger partial charge in [0.05, 0.1) is 30.2 Å². The van der Waals surface area contributed by atoms with Gasteiger partial charge < -0.3 is 20.1 Å². The van der Waals surface area contributed by atoms with Crippen molar-refractivity contribution < 1.29 is 32.3 Å². The van der Waals surface area contributed by atoms with E-state index in [2.05, 4.69) is 34.3 Å². The summed E-state index contributed by atoms with van der Waals surface area (Å²) in [6.07, 6.45) is 13.1. The van der Waals surface area contributed by atoms with Crippen LogP contribution in [0.2, 0.25) is 0 Å². The first kappa shape index (κ1) is 37.3. The number of hydrogen-bond donors (Lipinski definition) is 3. The van der Waals surface area contributed by atoms with E-state index in [-0.39, 0.29) is 43.6 Å². The molecule has 52 heavy (non-hydrogen) atoms. The third-order valence-corrected chi connectivity index (χ3v) is 12.2. The largest absolute Gasteiger partial charge is 0.497 e. The number of aromatic nitrogens is 3. The lowest BCUT2D eigenvalue weighted by molar-refractivity contribution is -0.132. The molecule has 6 rings (SSSR count). The highest BCUT2D eigenvalue weighted by molar-refractivity contribution is 7.90.